The van der Waals surface area contributed by atoms with E-state index < -0.39 is 0 Å². The van der Waals surface area contributed by atoms with Gasteiger partial charge in [0.05, 0.1) is 6.10 Å². The summed E-state index contributed by atoms with van der Waals surface area (Å²) in [6, 6.07) is 0. The molecule has 2 heterocycles. The average molecular weight is 212 g/mol. The predicted octanol–water partition coefficient (Wildman–Crippen LogP) is 0.689. The van der Waals surface area contributed by atoms with Gasteiger partial charge in [0.25, 0.3) is 0 Å². The van der Waals surface area contributed by atoms with Crippen LogP contribution in [-0.2, 0) is 0 Å². The summed E-state index contributed by atoms with van der Waals surface area (Å²) in [6.45, 7) is 8.03. The molecule has 0 aliphatic carbocycles. The molecule has 0 amide bonds. The first-order valence-electron chi connectivity index (χ1n) is 6.37. The van der Waals surface area contributed by atoms with E-state index in [0.29, 0.717) is 5.92 Å². The van der Waals surface area contributed by atoms with Gasteiger partial charge in [-0.25, -0.2) is 0 Å². The SMILES string of the molecule is CC(O)C1CCN(CCC2CNC2)CC1. The molecule has 1 atom stereocenters. The van der Waals surface area contributed by atoms with Crippen LogP contribution in [0.15, 0.2) is 0 Å². The first-order valence-corrected chi connectivity index (χ1v) is 6.37. The highest BCUT2D eigenvalue weighted by molar-refractivity contribution is 4.79. The quantitative estimate of drug-likeness (QED) is 0.719. The van der Waals surface area contributed by atoms with Gasteiger partial charge in [0, 0.05) is 0 Å². The van der Waals surface area contributed by atoms with E-state index in [1.165, 1.54) is 52.0 Å². The van der Waals surface area contributed by atoms with Gasteiger partial charge in [0.2, 0.25) is 0 Å². The number of likely N-dealkylation sites (tertiary alicyclic amines) is 1. The Balaban J connectivity index is 1.60. The zero-order valence-electron chi connectivity index (χ0n) is 9.78. The van der Waals surface area contributed by atoms with Gasteiger partial charge in [0.1, 0.15) is 0 Å². The van der Waals surface area contributed by atoms with E-state index in [2.05, 4.69) is 10.2 Å². The Morgan fingerprint density at radius 3 is 2.47 bits per heavy atom. The molecule has 2 rings (SSSR count). The molecule has 0 bridgehead atoms. The predicted molar refractivity (Wildman–Crippen MR) is 61.8 cm³/mol. The van der Waals surface area contributed by atoms with E-state index in [1.807, 2.05) is 6.92 Å². The average Bonchev–Trinajstić information content (AvgIpc) is 2.16. The number of aliphatic hydroxyl groups is 1. The highest BCUT2D eigenvalue weighted by Gasteiger charge is 2.23. The molecule has 3 heteroatoms. The number of piperidine rings is 1. The molecule has 2 saturated heterocycles. The third-order valence-corrected chi connectivity index (χ3v) is 4.03. The Morgan fingerprint density at radius 2 is 2.00 bits per heavy atom. The summed E-state index contributed by atoms with van der Waals surface area (Å²) in [5.41, 5.74) is 0. The minimum absolute atomic E-state index is 0.108. The molecule has 15 heavy (non-hydrogen) atoms. The van der Waals surface area contributed by atoms with Crippen LogP contribution in [0.5, 0.6) is 0 Å². The van der Waals surface area contributed by atoms with E-state index >= 15 is 0 Å². The number of hydrogen-bond donors (Lipinski definition) is 2. The van der Waals surface area contributed by atoms with E-state index in [4.69, 9.17) is 0 Å². The molecule has 2 aliphatic heterocycles. The highest BCUT2D eigenvalue weighted by atomic mass is 16.3. The number of nitrogens with zero attached hydrogens (tertiary/aromatic N) is 1. The lowest BCUT2D eigenvalue weighted by atomic mass is 9.91. The van der Waals surface area contributed by atoms with Gasteiger partial charge in [-0.05, 0) is 70.7 Å². The molecular weight excluding hydrogens is 188 g/mol. The summed E-state index contributed by atoms with van der Waals surface area (Å²) in [5.74, 6) is 1.48. The zero-order valence-corrected chi connectivity index (χ0v) is 9.78. The number of hydrogen-bond acceptors (Lipinski definition) is 3. The fourth-order valence-corrected chi connectivity index (χ4v) is 2.58. The van der Waals surface area contributed by atoms with Crippen molar-refractivity contribution in [2.75, 3.05) is 32.7 Å². The van der Waals surface area contributed by atoms with Crippen molar-refractivity contribution in [3.63, 3.8) is 0 Å². The van der Waals surface area contributed by atoms with E-state index in [1.54, 1.807) is 0 Å². The van der Waals surface area contributed by atoms with Gasteiger partial charge < -0.3 is 15.3 Å². The van der Waals surface area contributed by atoms with Gasteiger partial charge in [0.15, 0.2) is 0 Å². The van der Waals surface area contributed by atoms with Crippen molar-refractivity contribution >= 4 is 0 Å². The summed E-state index contributed by atoms with van der Waals surface area (Å²) < 4.78 is 0. The van der Waals surface area contributed by atoms with Crippen LogP contribution in [0.3, 0.4) is 0 Å². The van der Waals surface area contributed by atoms with Crippen LogP contribution in [-0.4, -0.2) is 48.8 Å². The van der Waals surface area contributed by atoms with E-state index in [-0.39, 0.29) is 6.10 Å². The topological polar surface area (TPSA) is 35.5 Å². The van der Waals surface area contributed by atoms with Gasteiger partial charge in [-0.1, -0.05) is 0 Å². The maximum absolute atomic E-state index is 9.50. The van der Waals surface area contributed by atoms with Crippen LogP contribution in [0.1, 0.15) is 26.2 Å². The second-order valence-corrected chi connectivity index (χ2v) is 5.23. The third kappa shape index (κ3) is 3.16. The second kappa shape index (κ2) is 5.28. The molecular formula is C12H24N2O. The Hall–Kier alpha value is -0.120. The molecule has 0 aromatic carbocycles. The van der Waals surface area contributed by atoms with Crippen molar-refractivity contribution in [3.8, 4) is 0 Å². The van der Waals surface area contributed by atoms with Crippen molar-refractivity contribution < 1.29 is 5.11 Å². The molecule has 0 aromatic heterocycles. The third-order valence-electron chi connectivity index (χ3n) is 4.03. The van der Waals surface area contributed by atoms with Crippen molar-refractivity contribution in [1.29, 1.82) is 0 Å². The normalized spacial score (nSPS) is 27.6. The van der Waals surface area contributed by atoms with Crippen LogP contribution in [0.25, 0.3) is 0 Å². The smallest absolute Gasteiger partial charge is 0.0541 e. The minimum Gasteiger partial charge on any atom is -0.393 e. The monoisotopic (exact) mass is 212 g/mol. The lowest BCUT2D eigenvalue weighted by Crippen LogP contribution is -2.45. The molecule has 0 spiro atoms. The van der Waals surface area contributed by atoms with E-state index in [9.17, 15) is 5.11 Å². The molecule has 0 aromatic rings. The van der Waals surface area contributed by atoms with Crippen LogP contribution in [0, 0.1) is 11.8 Å². The summed E-state index contributed by atoms with van der Waals surface area (Å²) >= 11 is 0. The molecule has 1 unspecified atom stereocenters. The van der Waals surface area contributed by atoms with Crippen molar-refractivity contribution in [3.05, 3.63) is 0 Å². The van der Waals surface area contributed by atoms with Crippen LogP contribution >= 0.6 is 0 Å². The molecule has 3 nitrogen and oxygen atoms in total. The zero-order chi connectivity index (χ0) is 10.7. The van der Waals surface area contributed by atoms with Gasteiger partial charge in [-0.15, -0.1) is 0 Å². The maximum Gasteiger partial charge on any atom is 0.0541 e. The van der Waals surface area contributed by atoms with Crippen molar-refractivity contribution in [1.82, 2.24) is 10.2 Å². The van der Waals surface area contributed by atoms with Crippen molar-refractivity contribution in [2.24, 2.45) is 11.8 Å². The van der Waals surface area contributed by atoms with Gasteiger partial charge in [-0.2, -0.15) is 0 Å². The molecule has 0 saturated carbocycles. The number of rotatable bonds is 4. The molecule has 0 radical (unpaired) electrons. The summed E-state index contributed by atoms with van der Waals surface area (Å²) in [7, 11) is 0. The second-order valence-electron chi connectivity index (χ2n) is 5.23. The van der Waals surface area contributed by atoms with E-state index in [0.717, 1.165) is 5.92 Å². The molecule has 88 valence electrons. The molecule has 2 fully saturated rings. The number of aliphatic hydroxyl groups excluding tert-OH is 1. The summed E-state index contributed by atoms with van der Waals surface area (Å²) in [5, 5.41) is 12.8. The Labute approximate surface area is 92.8 Å². The van der Waals surface area contributed by atoms with Crippen LogP contribution in [0.4, 0.5) is 0 Å². The van der Waals surface area contributed by atoms with Gasteiger partial charge >= 0.3 is 0 Å². The van der Waals surface area contributed by atoms with Crippen LogP contribution < -0.4 is 5.32 Å². The summed E-state index contributed by atoms with van der Waals surface area (Å²) in [4.78, 5) is 2.57. The first-order chi connectivity index (χ1) is 7.25. The fourth-order valence-electron chi connectivity index (χ4n) is 2.58. The van der Waals surface area contributed by atoms with Crippen molar-refractivity contribution in [2.45, 2.75) is 32.3 Å². The van der Waals surface area contributed by atoms with Gasteiger partial charge in [-0.3, -0.25) is 0 Å². The fraction of sp³-hybridized carbons (Fsp3) is 1.00. The van der Waals surface area contributed by atoms with Crippen LogP contribution in [0.2, 0.25) is 0 Å². The summed E-state index contributed by atoms with van der Waals surface area (Å²) in [6.07, 6.45) is 3.61. The first kappa shape index (κ1) is 11.4. The molecule has 2 aliphatic rings. The highest BCUT2D eigenvalue weighted by Crippen LogP contribution is 2.21. The maximum atomic E-state index is 9.50. The minimum atomic E-state index is -0.108. The Morgan fingerprint density at radius 1 is 1.33 bits per heavy atom. The Kier molecular flexibility index (Phi) is 4.00. The lowest BCUT2D eigenvalue weighted by molar-refractivity contribution is 0.0689. The lowest BCUT2D eigenvalue weighted by Gasteiger charge is -2.35. The Bertz CT molecular complexity index is 184. The standard InChI is InChI=1S/C12H24N2O/c1-10(15)12-3-6-14(7-4-12)5-2-11-8-13-9-11/h10-13,15H,2-9H2,1H3. The number of nitrogens with one attached hydrogen (secondary N) is 1. The largest absolute Gasteiger partial charge is 0.393 e. The molecule has 2 N–H and O–H groups in total.